The lowest BCUT2D eigenvalue weighted by molar-refractivity contribution is 0.201. The van der Waals surface area contributed by atoms with E-state index >= 15 is 0 Å². The van der Waals surface area contributed by atoms with Crippen LogP contribution in [-0.4, -0.2) is 62.2 Å². The lowest BCUT2D eigenvalue weighted by Crippen LogP contribution is -2.39. The molecule has 3 unspecified atom stereocenters. The molecule has 0 aromatic heterocycles. The van der Waals surface area contributed by atoms with Gasteiger partial charge in [-0.1, -0.05) is 6.92 Å². The number of likely N-dealkylation sites (N-methyl/N-ethyl adjacent to an activating group) is 1. The van der Waals surface area contributed by atoms with Crippen molar-refractivity contribution in [3.63, 3.8) is 0 Å². The van der Waals surface area contributed by atoms with E-state index in [0.717, 1.165) is 24.5 Å². The minimum Gasteiger partial charge on any atom is -0.319 e. The lowest BCUT2D eigenvalue weighted by Gasteiger charge is -2.27. The van der Waals surface area contributed by atoms with E-state index in [2.05, 4.69) is 36.1 Å². The molecule has 0 amide bonds. The van der Waals surface area contributed by atoms with Crippen LogP contribution in [0.5, 0.6) is 0 Å². The van der Waals surface area contributed by atoms with E-state index in [9.17, 15) is 0 Å². The van der Waals surface area contributed by atoms with Crippen molar-refractivity contribution in [1.29, 1.82) is 0 Å². The Balaban J connectivity index is 1.84. The summed E-state index contributed by atoms with van der Waals surface area (Å²) in [6.45, 7) is 7.35. The minimum atomic E-state index is 0.770. The van der Waals surface area contributed by atoms with Gasteiger partial charge in [0, 0.05) is 25.2 Å². The molecule has 3 heteroatoms. The molecule has 2 fully saturated rings. The number of hydrogen-bond acceptors (Lipinski definition) is 3. The van der Waals surface area contributed by atoms with Crippen molar-refractivity contribution < 1.29 is 0 Å². The first-order valence-corrected chi connectivity index (χ1v) is 6.79. The van der Waals surface area contributed by atoms with Gasteiger partial charge >= 0.3 is 0 Å². The van der Waals surface area contributed by atoms with E-state index in [1.807, 2.05) is 0 Å². The molecule has 0 aromatic rings. The van der Waals surface area contributed by atoms with Crippen LogP contribution in [0.1, 0.15) is 26.2 Å². The topological polar surface area (TPSA) is 18.5 Å². The summed E-state index contributed by atoms with van der Waals surface area (Å²) < 4.78 is 0. The fourth-order valence-corrected chi connectivity index (χ4v) is 3.40. The standard InChI is InChI=1S/C13H27N3/c1-11(8-14-2)9-16-7-6-12-4-5-13(10-16)15(12)3/h11-14H,4-10H2,1-3H3. The molecular weight excluding hydrogens is 198 g/mol. The molecular formula is C13H27N3. The average Bonchev–Trinajstić information content (AvgIpc) is 2.47. The van der Waals surface area contributed by atoms with Crippen LogP contribution >= 0.6 is 0 Å². The van der Waals surface area contributed by atoms with Crippen LogP contribution in [-0.2, 0) is 0 Å². The number of rotatable bonds is 4. The third-order valence-electron chi connectivity index (χ3n) is 4.36. The fourth-order valence-electron chi connectivity index (χ4n) is 3.40. The highest BCUT2D eigenvalue weighted by Gasteiger charge is 2.34. The van der Waals surface area contributed by atoms with Gasteiger partial charge in [-0.15, -0.1) is 0 Å². The molecule has 2 aliphatic rings. The summed E-state index contributed by atoms with van der Waals surface area (Å²) in [6, 6.07) is 1.70. The first-order valence-electron chi connectivity index (χ1n) is 6.79. The first-order chi connectivity index (χ1) is 7.70. The van der Waals surface area contributed by atoms with Gasteiger partial charge < -0.3 is 10.2 Å². The Labute approximate surface area is 100 Å². The quantitative estimate of drug-likeness (QED) is 0.770. The number of fused-ring (bicyclic) bond motifs is 2. The van der Waals surface area contributed by atoms with Crippen LogP contribution in [0, 0.1) is 5.92 Å². The van der Waals surface area contributed by atoms with Gasteiger partial charge in [-0.05, 0) is 52.4 Å². The molecule has 2 aliphatic heterocycles. The van der Waals surface area contributed by atoms with Crippen LogP contribution in [0.3, 0.4) is 0 Å². The molecule has 2 saturated heterocycles. The zero-order valence-corrected chi connectivity index (χ0v) is 11.1. The Morgan fingerprint density at radius 2 is 2.00 bits per heavy atom. The van der Waals surface area contributed by atoms with Gasteiger partial charge in [0.15, 0.2) is 0 Å². The maximum atomic E-state index is 3.28. The largest absolute Gasteiger partial charge is 0.319 e. The Morgan fingerprint density at radius 1 is 1.25 bits per heavy atom. The van der Waals surface area contributed by atoms with Gasteiger partial charge in [0.05, 0.1) is 0 Å². The summed E-state index contributed by atoms with van der Waals surface area (Å²) in [5.74, 6) is 0.770. The molecule has 16 heavy (non-hydrogen) atoms. The molecule has 2 heterocycles. The van der Waals surface area contributed by atoms with Gasteiger partial charge in [0.25, 0.3) is 0 Å². The third kappa shape index (κ3) is 2.76. The molecule has 0 aliphatic carbocycles. The molecule has 0 spiro atoms. The molecule has 2 rings (SSSR count). The SMILES string of the molecule is CNCC(C)CN1CCC2CCC(C1)N2C. The number of nitrogens with zero attached hydrogens (tertiary/aromatic N) is 2. The summed E-state index contributed by atoms with van der Waals surface area (Å²) in [5, 5.41) is 3.28. The van der Waals surface area contributed by atoms with Gasteiger partial charge in [0.2, 0.25) is 0 Å². The third-order valence-corrected chi connectivity index (χ3v) is 4.36. The van der Waals surface area contributed by atoms with Gasteiger partial charge in [-0.2, -0.15) is 0 Å². The van der Waals surface area contributed by atoms with Crippen molar-refractivity contribution in [3.8, 4) is 0 Å². The summed E-state index contributed by atoms with van der Waals surface area (Å²) in [6.07, 6.45) is 4.22. The normalized spacial score (nSPS) is 33.9. The lowest BCUT2D eigenvalue weighted by atomic mass is 10.1. The number of nitrogens with one attached hydrogen (secondary N) is 1. The predicted octanol–water partition coefficient (Wildman–Crippen LogP) is 1.01. The predicted molar refractivity (Wildman–Crippen MR) is 68.7 cm³/mol. The van der Waals surface area contributed by atoms with Crippen molar-refractivity contribution in [2.75, 3.05) is 40.3 Å². The highest BCUT2D eigenvalue weighted by Crippen LogP contribution is 2.28. The molecule has 94 valence electrons. The molecule has 1 N–H and O–H groups in total. The Morgan fingerprint density at radius 3 is 2.75 bits per heavy atom. The molecule has 3 nitrogen and oxygen atoms in total. The monoisotopic (exact) mass is 225 g/mol. The van der Waals surface area contributed by atoms with Crippen LogP contribution in [0.25, 0.3) is 0 Å². The van der Waals surface area contributed by atoms with Crippen LogP contribution in [0.15, 0.2) is 0 Å². The highest BCUT2D eigenvalue weighted by molar-refractivity contribution is 4.91. The molecule has 0 radical (unpaired) electrons. The van der Waals surface area contributed by atoms with Crippen LogP contribution in [0.4, 0.5) is 0 Å². The van der Waals surface area contributed by atoms with Gasteiger partial charge in [-0.25, -0.2) is 0 Å². The van der Waals surface area contributed by atoms with E-state index in [1.54, 1.807) is 0 Å². The van der Waals surface area contributed by atoms with Crippen LogP contribution in [0.2, 0.25) is 0 Å². The van der Waals surface area contributed by atoms with Crippen molar-refractivity contribution in [3.05, 3.63) is 0 Å². The maximum Gasteiger partial charge on any atom is 0.0223 e. The molecule has 0 aromatic carbocycles. The Bertz CT molecular complexity index is 219. The van der Waals surface area contributed by atoms with Crippen molar-refractivity contribution in [2.45, 2.75) is 38.3 Å². The second-order valence-corrected chi connectivity index (χ2v) is 5.76. The minimum absolute atomic E-state index is 0.770. The first kappa shape index (κ1) is 12.3. The molecule has 3 atom stereocenters. The van der Waals surface area contributed by atoms with E-state index < -0.39 is 0 Å². The van der Waals surface area contributed by atoms with Crippen molar-refractivity contribution in [1.82, 2.24) is 15.1 Å². The van der Waals surface area contributed by atoms with E-state index in [4.69, 9.17) is 0 Å². The van der Waals surface area contributed by atoms with E-state index in [1.165, 1.54) is 38.9 Å². The maximum absolute atomic E-state index is 3.28. The summed E-state index contributed by atoms with van der Waals surface area (Å²) >= 11 is 0. The Kier molecular flexibility index (Phi) is 4.22. The number of likely N-dealkylation sites (tertiary alicyclic amines) is 1. The summed E-state index contributed by atoms with van der Waals surface area (Å²) in [7, 11) is 4.37. The second kappa shape index (κ2) is 5.48. The van der Waals surface area contributed by atoms with E-state index in [-0.39, 0.29) is 0 Å². The number of hydrogen-bond donors (Lipinski definition) is 1. The smallest absolute Gasteiger partial charge is 0.0223 e. The fraction of sp³-hybridized carbons (Fsp3) is 1.00. The van der Waals surface area contributed by atoms with Crippen molar-refractivity contribution in [2.24, 2.45) is 5.92 Å². The van der Waals surface area contributed by atoms with Crippen molar-refractivity contribution >= 4 is 0 Å². The zero-order chi connectivity index (χ0) is 11.5. The van der Waals surface area contributed by atoms with Gasteiger partial charge in [0.1, 0.15) is 0 Å². The average molecular weight is 225 g/mol. The zero-order valence-electron chi connectivity index (χ0n) is 11.1. The van der Waals surface area contributed by atoms with E-state index in [0.29, 0.717) is 0 Å². The Hall–Kier alpha value is -0.120. The van der Waals surface area contributed by atoms with Crippen LogP contribution < -0.4 is 5.32 Å². The second-order valence-electron chi connectivity index (χ2n) is 5.76. The molecule has 0 saturated carbocycles. The summed E-state index contributed by atoms with van der Waals surface area (Å²) in [5.41, 5.74) is 0. The highest BCUT2D eigenvalue weighted by atomic mass is 15.3. The van der Waals surface area contributed by atoms with Gasteiger partial charge in [-0.3, -0.25) is 4.90 Å². The molecule has 2 bridgehead atoms. The summed E-state index contributed by atoms with van der Waals surface area (Å²) in [4.78, 5) is 5.31.